The Labute approximate surface area is 137 Å². The number of carbonyl (C=O) groups is 1. The number of thiol groups is 1. The molecule has 21 heavy (non-hydrogen) atoms. The van der Waals surface area contributed by atoms with Gasteiger partial charge in [-0.15, -0.1) is 0 Å². The minimum absolute atomic E-state index is 0.00409. The third-order valence-electron chi connectivity index (χ3n) is 4.36. The number of hydrogen-bond donors (Lipinski definition) is 2. The Morgan fingerprint density at radius 3 is 2.19 bits per heavy atom. The molecule has 1 atom stereocenters. The molecule has 0 aliphatic heterocycles. The van der Waals surface area contributed by atoms with Gasteiger partial charge in [-0.3, -0.25) is 4.79 Å². The van der Waals surface area contributed by atoms with E-state index in [1.54, 1.807) is 0 Å². The van der Waals surface area contributed by atoms with Crippen molar-refractivity contribution in [3.05, 3.63) is 0 Å². The van der Waals surface area contributed by atoms with Crippen LogP contribution in [0.4, 0.5) is 0 Å². The molecule has 0 amide bonds. The number of unbranched alkanes of at least 4 members (excludes halogenated alkanes) is 4. The van der Waals surface area contributed by atoms with Crippen LogP contribution >= 0.6 is 12.6 Å². The third kappa shape index (κ3) is 10.4. The number of aliphatic carboxylic acids is 1. The fourth-order valence-electron chi connectivity index (χ4n) is 1.86. The summed E-state index contributed by atoms with van der Waals surface area (Å²) >= 11 is 4.29. The van der Waals surface area contributed by atoms with Gasteiger partial charge in [0.2, 0.25) is 0 Å². The predicted octanol–water partition coefficient (Wildman–Crippen LogP) is 5.12. The molecule has 0 heterocycles. The van der Waals surface area contributed by atoms with E-state index in [1.165, 1.54) is 12.8 Å². The van der Waals surface area contributed by atoms with Crippen molar-refractivity contribution in [2.24, 2.45) is 0 Å². The molecule has 3 nitrogen and oxygen atoms in total. The first kappa shape index (κ1) is 21.0. The normalized spacial score (nSPS) is 14.2. The van der Waals surface area contributed by atoms with E-state index in [9.17, 15) is 4.79 Å². The van der Waals surface area contributed by atoms with Crippen molar-refractivity contribution in [3.63, 3.8) is 0 Å². The largest absolute Gasteiger partial charge is 0.481 e. The molecule has 0 aromatic heterocycles. The smallest absolute Gasteiger partial charge is 0.304 e. The number of rotatable bonds is 11. The van der Waals surface area contributed by atoms with Gasteiger partial charge in [0.15, 0.2) is 8.32 Å². The summed E-state index contributed by atoms with van der Waals surface area (Å²) in [5.74, 6) is -0.752. The highest BCUT2D eigenvalue weighted by Crippen LogP contribution is 2.36. The SMILES string of the molecule is CC(C)(C)[Si](C)(C)OCCCCCCCC(S)CC(=O)O. The fourth-order valence-corrected chi connectivity index (χ4v) is 3.29. The van der Waals surface area contributed by atoms with Gasteiger partial charge in [-0.05, 0) is 31.0 Å². The van der Waals surface area contributed by atoms with Crippen LogP contribution in [0, 0.1) is 0 Å². The molecule has 0 rings (SSSR count). The average Bonchev–Trinajstić information content (AvgIpc) is 2.30. The van der Waals surface area contributed by atoms with Gasteiger partial charge in [-0.1, -0.05) is 46.5 Å². The second-order valence-electron chi connectivity index (χ2n) is 7.42. The topological polar surface area (TPSA) is 46.5 Å². The second-order valence-corrected chi connectivity index (χ2v) is 13.0. The fraction of sp³-hybridized carbons (Fsp3) is 0.938. The Bertz CT molecular complexity index is 300. The molecule has 0 saturated carbocycles. The second kappa shape index (κ2) is 9.90. The molecule has 0 fully saturated rings. The lowest BCUT2D eigenvalue weighted by Gasteiger charge is -2.36. The van der Waals surface area contributed by atoms with Crippen molar-refractivity contribution in [1.29, 1.82) is 0 Å². The Morgan fingerprint density at radius 1 is 1.14 bits per heavy atom. The van der Waals surface area contributed by atoms with Crippen molar-refractivity contribution in [3.8, 4) is 0 Å². The highest BCUT2D eigenvalue weighted by atomic mass is 32.1. The van der Waals surface area contributed by atoms with Crippen LogP contribution < -0.4 is 0 Å². The summed E-state index contributed by atoms with van der Waals surface area (Å²) in [6, 6.07) is 0. The molecule has 0 aliphatic carbocycles. The summed E-state index contributed by atoms with van der Waals surface area (Å²) in [5, 5.41) is 8.94. The summed E-state index contributed by atoms with van der Waals surface area (Å²) in [4.78, 5) is 10.5. The van der Waals surface area contributed by atoms with Gasteiger partial charge < -0.3 is 9.53 Å². The molecule has 0 aromatic rings. The maximum absolute atomic E-state index is 10.5. The summed E-state index contributed by atoms with van der Waals surface area (Å²) in [6.45, 7) is 12.3. The van der Waals surface area contributed by atoms with E-state index < -0.39 is 14.3 Å². The number of carboxylic acid groups (broad SMARTS) is 1. The summed E-state index contributed by atoms with van der Waals surface area (Å²) < 4.78 is 6.14. The molecule has 0 bridgehead atoms. The Balaban J connectivity index is 3.51. The quantitative estimate of drug-likeness (QED) is 0.313. The van der Waals surface area contributed by atoms with Gasteiger partial charge in [0, 0.05) is 11.9 Å². The lowest BCUT2D eigenvalue weighted by molar-refractivity contribution is -0.137. The van der Waals surface area contributed by atoms with Gasteiger partial charge in [0.1, 0.15) is 0 Å². The van der Waals surface area contributed by atoms with Crippen LogP contribution in [0.1, 0.15) is 65.7 Å². The first-order valence-electron chi connectivity index (χ1n) is 8.10. The lowest BCUT2D eigenvalue weighted by atomic mass is 10.1. The molecular formula is C16H34O3SSi. The van der Waals surface area contributed by atoms with Crippen molar-refractivity contribution >= 4 is 26.9 Å². The van der Waals surface area contributed by atoms with E-state index in [0.29, 0.717) is 5.04 Å². The van der Waals surface area contributed by atoms with Crippen molar-refractivity contribution in [2.45, 2.75) is 89.1 Å². The van der Waals surface area contributed by atoms with E-state index in [1.807, 2.05) is 0 Å². The Kier molecular flexibility index (Phi) is 9.90. The van der Waals surface area contributed by atoms with Crippen LogP contribution in [0.5, 0.6) is 0 Å². The molecular weight excluding hydrogens is 300 g/mol. The zero-order valence-electron chi connectivity index (χ0n) is 14.4. The summed E-state index contributed by atoms with van der Waals surface area (Å²) in [7, 11) is -1.58. The molecule has 0 radical (unpaired) electrons. The van der Waals surface area contributed by atoms with E-state index in [-0.39, 0.29) is 11.7 Å². The Morgan fingerprint density at radius 2 is 1.67 bits per heavy atom. The minimum Gasteiger partial charge on any atom is -0.481 e. The van der Waals surface area contributed by atoms with Crippen LogP contribution in [0.3, 0.4) is 0 Å². The van der Waals surface area contributed by atoms with Crippen LogP contribution in [0.25, 0.3) is 0 Å². The van der Waals surface area contributed by atoms with Crippen LogP contribution in [-0.2, 0) is 9.22 Å². The highest BCUT2D eigenvalue weighted by molar-refractivity contribution is 7.81. The standard InChI is InChI=1S/C16H34O3SSi/c1-16(2,3)21(4,5)19-12-10-8-6-7-9-11-14(20)13-15(17)18/h14,20H,6-13H2,1-5H3,(H,17,18). The van der Waals surface area contributed by atoms with E-state index in [0.717, 1.165) is 32.3 Å². The molecule has 0 spiro atoms. The third-order valence-corrected chi connectivity index (χ3v) is 9.34. The molecule has 0 saturated heterocycles. The summed E-state index contributed by atoms with van der Waals surface area (Å²) in [5.41, 5.74) is 0. The molecule has 1 N–H and O–H groups in total. The first-order valence-corrected chi connectivity index (χ1v) is 11.5. The van der Waals surface area contributed by atoms with Crippen LogP contribution in [0.2, 0.25) is 18.1 Å². The molecule has 0 aliphatic rings. The molecule has 5 heteroatoms. The van der Waals surface area contributed by atoms with Crippen LogP contribution in [0.15, 0.2) is 0 Å². The lowest BCUT2D eigenvalue weighted by Crippen LogP contribution is -2.40. The maximum Gasteiger partial charge on any atom is 0.304 e. The molecule has 0 aromatic carbocycles. The molecule has 126 valence electrons. The zero-order valence-corrected chi connectivity index (χ0v) is 16.3. The van der Waals surface area contributed by atoms with Crippen molar-refractivity contribution < 1.29 is 14.3 Å². The van der Waals surface area contributed by atoms with E-state index in [2.05, 4.69) is 46.5 Å². The van der Waals surface area contributed by atoms with Crippen LogP contribution in [-0.4, -0.2) is 31.3 Å². The van der Waals surface area contributed by atoms with Crippen molar-refractivity contribution in [1.82, 2.24) is 0 Å². The Hall–Kier alpha value is -0.00312. The monoisotopic (exact) mass is 334 g/mol. The predicted molar refractivity (Wildman–Crippen MR) is 95.9 cm³/mol. The highest BCUT2D eigenvalue weighted by Gasteiger charge is 2.36. The minimum atomic E-state index is -1.58. The van der Waals surface area contributed by atoms with E-state index in [4.69, 9.17) is 9.53 Å². The van der Waals surface area contributed by atoms with Gasteiger partial charge in [-0.2, -0.15) is 12.6 Å². The van der Waals surface area contributed by atoms with Gasteiger partial charge in [0.25, 0.3) is 0 Å². The number of carboxylic acids is 1. The summed E-state index contributed by atoms with van der Waals surface area (Å²) in [6.07, 6.45) is 6.84. The van der Waals surface area contributed by atoms with Gasteiger partial charge >= 0.3 is 5.97 Å². The maximum atomic E-state index is 10.5. The number of hydrogen-bond acceptors (Lipinski definition) is 3. The van der Waals surface area contributed by atoms with E-state index >= 15 is 0 Å². The van der Waals surface area contributed by atoms with Gasteiger partial charge in [0.05, 0.1) is 6.42 Å². The zero-order chi connectivity index (χ0) is 16.5. The van der Waals surface area contributed by atoms with Crippen molar-refractivity contribution in [2.75, 3.05) is 6.61 Å². The average molecular weight is 335 g/mol. The first-order chi connectivity index (χ1) is 9.56. The van der Waals surface area contributed by atoms with Gasteiger partial charge in [-0.25, -0.2) is 0 Å². The molecule has 1 unspecified atom stereocenters.